The first-order chi connectivity index (χ1) is 10.3. The fourth-order valence-corrected chi connectivity index (χ4v) is 3.01. The second-order valence-corrected chi connectivity index (χ2v) is 5.55. The monoisotopic (exact) mass is 300 g/mol. The minimum Gasteiger partial charge on any atom is -0.368 e. The van der Waals surface area contributed by atoms with E-state index < -0.39 is 0 Å². The fraction of sp³-hybridized carbons (Fsp3) is 0.235. The van der Waals surface area contributed by atoms with Crippen molar-refractivity contribution in [2.45, 2.75) is 0 Å². The molecule has 21 heavy (non-hydrogen) atoms. The third kappa shape index (κ3) is 3.03. The number of anilines is 2. The number of hydrogen-bond acceptors (Lipinski definition) is 3. The Labute approximate surface area is 129 Å². The topological polar surface area (TPSA) is 23.6 Å². The van der Waals surface area contributed by atoms with Crippen molar-refractivity contribution in [2.24, 2.45) is 0 Å². The van der Waals surface area contributed by atoms with E-state index in [0.29, 0.717) is 10.6 Å². The Hall–Kier alpha value is -2.00. The molecule has 1 aliphatic heterocycles. The van der Waals surface area contributed by atoms with Gasteiger partial charge in [-0.3, -0.25) is 4.79 Å². The van der Waals surface area contributed by atoms with Gasteiger partial charge < -0.3 is 9.80 Å². The van der Waals surface area contributed by atoms with Crippen molar-refractivity contribution in [2.75, 3.05) is 36.0 Å². The normalized spacial score (nSPS) is 15.1. The van der Waals surface area contributed by atoms with E-state index in [1.165, 1.54) is 5.69 Å². The number of aldehydes is 1. The zero-order valence-corrected chi connectivity index (χ0v) is 12.5. The summed E-state index contributed by atoms with van der Waals surface area (Å²) in [4.78, 5) is 15.4. The molecule has 0 amide bonds. The van der Waals surface area contributed by atoms with Gasteiger partial charge in [-0.1, -0.05) is 29.8 Å². The Morgan fingerprint density at radius 2 is 1.57 bits per heavy atom. The minimum absolute atomic E-state index is 0.617. The number of benzene rings is 2. The number of rotatable bonds is 3. The van der Waals surface area contributed by atoms with Gasteiger partial charge in [0, 0.05) is 37.4 Å². The summed E-state index contributed by atoms with van der Waals surface area (Å²) in [5, 5.41) is 0.646. The molecule has 1 fully saturated rings. The summed E-state index contributed by atoms with van der Waals surface area (Å²) in [5.74, 6) is 0. The molecule has 1 aliphatic rings. The molecule has 2 aromatic carbocycles. The molecule has 4 heteroatoms. The van der Waals surface area contributed by atoms with Gasteiger partial charge in [-0.15, -0.1) is 0 Å². The van der Waals surface area contributed by atoms with Crippen molar-refractivity contribution in [1.82, 2.24) is 0 Å². The second kappa shape index (κ2) is 6.19. The summed E-state index contributed by atoms with van der Waals surface area (Å²) < 4.78 is 0. The van der Waals surface area contributed by atoms with Gasteiger partial charge in [-0.25, -0.2) is 0 Å². The van der Waals surface area contributed by atoms with Gasteiger partial charge in [0.05, 0.1) is 10.7 Å². The number of carbonyl (C=O) groups is 1. The number of hydrogen-bond donors (Lipinski definition) is 0. The van der Waals surface area contributed by atoms with E-state index in [2.05, 4.69) is 34.1 Å². The van der Waals surface area contributed by atoms with Crippen LogP contribution in [0.4, 0.5) is 11.4 Å². The van der Waals surface area contributed by atoms with E-state index in [-0.39, 0.29) is 0 Å². The predicted octanol–water partition coefficient (Wildman–Crippen LogP) is 3.48. The van der Waals surface area contributed by atoms with Crippen molar-refractivity contribution in [1.29, 1.82) is 0 Å². The lowest BCUT2D eigenvalue weighted by molar-refractivity contribution is 0.112. The first-order valence-electron chi connectivity index (χ1n) is 7.07. The van der Waals surface area contributed by atoms with Crippen LogP contribution in [0.1, 0.15) is 10.4 Å². The Balaban J connectivity index is 1.70. The summed E-state index contributed by atoms with van der Waals surface area (Å²) in [5.41, 5.74) is 2.89. The van der Waals surface area contributed by atoms with Gasteiger partial charge in [0.2, 0.25) is 0 Å². The van der Waals surface area contributed by atoms with Gasteiger partial charge in [-0.05, 0) is 30.3 Å². The Bertz CT molecular complexity index is 622. The highest BCUT2D eigenvalue weighted by atomic mass is 35.5. The van der Waals surface area contributed by atoms with Crippen molar-refractivity contribution in [3.63, 3.8) is 0 Å². The van der Waals surface area contributed by atoms with Crippen LogP contribution in [-0.2, 0) is 0 Å². The Kier molecular flexibility index (Phi) is 4.11. The Morgan fingerprint density at radius 1 is 0.905 bits per heavy atom. The molecule has 0 bridgehead atoms. The average molecular weight is 301 g/mol. The maximum absolute atomic E-state index is 10.8. The van der Waals surface area contributed by atoms with Crippen LogP contribution in [0.5, 0.6) is 0 Å². The van der Waals surface area contributed by atoms with Crippen molar-refractivity contribution in [3.8, 4) is 0 Å². The van der Waals surface area contributed by atoms with Crippen LogP contribution in [0, 0.1) is 0 Å². The number of nitrogens with zero attached hydrogens (tertiary/aromatic N) is 2. The van der Waals surface area contributed by atoms with Gasteiger partial charge >= 0.3 is 0 Å². The number of para-hydroxylation sites is 1. The standard InChI is InChI=1S/C17H17ClN2O/c18-16-12-14(13-21)6-7-17(16)20-10-8-19(9-11-20)15-4-2-1-3-5-15/h1-7,12-13H,8-11H2. The lowest BCUT2D eigenvalue weighted by Gasteiger charge is -2.37. The molecule has 0 aliphatic carbocycles. The van der Waals surface area contributed by atoms with Crippen LogP contribution in [0.2, 0.25) is 5.02 Å². The molecular weight excluding hydrogens is 284 g/mol. The molecule has 0 N–H and O–H groups in total. The largest absolute Gasteiger partial charge is 0.368 e. The van der Waals surface area contributed by atoms with Crippen LogP contribution >= 0.6 is 11.6 Å². The highest BCUT2D eigenvalue weighted by Crippen LogP contribution is 2.28. The van der Waals surface area contributed by atoms with Crippen LogP contribution in [0.15, 0.2) is 48.5 Å². The van der Waals surface area contributed by atoms with E-state index in [9.17, 15) is 4.79 Å². The molecular formula is C17H17ClN2O. The number of carbonyl (C=O) groups excluding carboxylic acids is 1. The first-order valence-corrected chi connectivity index (χ1v) is 7.45. The van der Waals surface area contributed by atoms with Gasteiger partial charge in [-0.2, -0.15) is 0 Å². The third-order valence-electron chi connectivity index (χ3n) is 3.85. The highest BCUT2D eigenvalue weighted by molar-refractivity contribution is 6.33. The summed E-state index contributed by atoms with van der Waals surface area (Å²) in [6.45, 7) is 3.79. The second-order valence-electron chi connectivity index (χ2n) is 5.14. The SMILES string of the molecule is O=Cc1ccc(N2CCN(c3ccccc3)CC2)c(Cl)c1. The summed E-state index contributed by atoms with van der Waals surface area (Å²) in [6, 6.07) is 15.9. The molecule has 108 valence electrons. The summed E-state index contributed by atoms with van der Waals surface area (Å²) in [6.07, 6.45) is 0.822. The fourth-order valence-electron chi connectivity index (χ4n) is 2.70. The lowest BCUT2D eigenvalue weighted by atomic mass is 10.2. The van der Waals surface area contributed by atoms with E-state index in [1.54, 1.807) is 6.07 Å². The van der Waals surface area contributed by atoms with Gasteiger partial charge in [0.1, 0.15) is 6.29 Å². The summed E-state index contributed by atoms with van der Waals surface area (Å²) >= 11 is 6.28. The van der Waals surface area contributed by atoms with Crippen molar-refractivity contribution < 1.29 is 4.79 Å². The average Bonchev–Trinajstić information content (AvgIpc) is 2.56. The third-order valence-corrected chi connectivity index (χ3v) is 4.15. The lowest BCUT2D eigenvalue weighted by Crippen LogP contribution is -2.46. The molecule has 1 heterocycles. The molecule has 0 aromatic heterocycles. The quantitative estimate of drug-likeness (QED) is 0.811. The first kappa shape index (κ1) is 14.0. The van der Waals surface area contributed by atoms with Crippen molar-refractivity contribution in [3.05, 3.63) is 59.1 Å². The molecule has 0 spiro atoms. The highest BCUT2D eigenvalue weighted by Gasteiger charge is 2.19. The van der Waals surface area contributed by atoms with E-state index >= 15 is 0 Å². The maximum Gasteiger partial charge on any atom is 0.150 e. The molecule has 0 radical (unpaired) electrons. The summed E-state index contributed by atoms with van der Waals surface area (Å²) in [7, 11) is 0. The zero-order valence-electron chi connectivity index (χ0n) is 11.7. The zero-order chi connectivity index (χ0) is 14.7. The minimum atomic E-state index is 0.617. The molecule has 0 saturated carbocycles. The molecule has 0 unspecified atom stereocenters. The van der Waals surface area contributed by atoms with E-state index in [4.69, 9.17) is 11.6 Å². The maximum atomic E-state index is 10.8. The van der Waals surface area contributed by atoms with Crippen LogP contribution in [0.3, 0.4) is 0 Å². The van der Waals surface area contributed by atoms with Crippen LogP contribution < -0.4 is 9.80 Å². The predicted molar refractivity (Wildman–Crippen MR) is 87.7 cm³/mol. The van der Waals surface area contributed by atoms with Gasteiger partial charge in [0.25, 0.3) is 0 Å². The number of halogens is 1. The molecule has 3 rings (SSSR count). The van der Waals surface area contributed by atoms with Crippen LogP contribution in [0.25, 0.3) is 0 Å². The molecule has 0 atom stereocenters. The van der Waals surface area contributed by atoms with Crippen molar-refractivity contribution >= 4 is 29.3 Å². The van der Waals surface area contributed by atoms with Crippen LogP contribution in [-0.4, -0.2) is 32.5 Å². The van der Waals surface area contributed by atoms with Gasteiger partial charge in [0.15, 0.2) is 0 Å². The van der Waals surface area contributed by atoms with E-state index in [1.807, 2.05) is 18.2 Å². The molecule has 2 aromatic rings. The Morgan fingerprint density at radius 3 is 2.19 bits per heavy atom. The smallest absolute Gasteiger partial charge is 0.150 e. The molecule has 1 saturated heterocycles. The molecule has 3 nitrogen and oxygen atoms in total. The van der Waals surface area contributed by atoms with E-state index in [0.717, 1.165) is 38.2 Å². The number of piperazine rings is 1.